The Morgan fingerprint density at radius 1 is 1.50 bits per heavy atom. The lowest BCUT2D eigenvalue weighted by Crippen LogP contribution is -2.26. The first-order valence-electron chi connectivity index (χ1n) is 3.76. The van der Waals surface area contributed by atoms with Crippen molar-refractivity contribution in [2.45, 2.75) is 26.9 Å². The molecule has 4 N–H and O–H groups in total. The molecule has 1 unspecified atom stereocenters. The lowest BCUT2D eigenvalue weighted by atomic mass is 10.4. The van der Waals surface area contributed by atoms with Crippen LogP contribution in [0, 0.1) is 13.8 Å². The first kappa shape index (κ1) is 9.28. The summed E-state index contributed by atoms with van der Waals surface area (Å²) in [6, 6.07) is 0. The van der Waals surface area contributed by atoms with E-state index in [1.807, 2.05) is 25.3 Å². The first-order chi connectivity index (χ1) is 5.57. The molecule has 1 rings (SSSR count). The van der Waals surface area contributed by atoms with Crippen LogP contribution < -0.4 is 16.4 Å². The van der Waals surface area contributed by atoms with Gasteiger partial charge < -0.3 is 16.1 Å². The van der Waals surface area contributed by atoms with Gasteiger partial charge in [0.1, 0.15) is 0 Å². The van der Waals surface area contributed by atoms with Gasteiger partial charge in [-0.15, -0.1) is 11.3 Å². The number of aryl methyl sites for hydroxylation is 1. The molecule has 0 saturated heterocycles. The van der Waals surface area contributed by atoms with Crippen molar-refractivity contribution >= 4 is 11.3 Å². The molecule has 1 aromatic heterocycles. The molecule has 1 aromatic rings. The van der Waals surface area contributed by atoms with Crippen LogP contribution in [0.1, 0.15) is 23.7 Å². The minimum atomic E-state index is -0.0720. The number of hydrogen-bond acceptors (Lipinski definition) is 4. The molecule has 5 heteroatoms. The number of aromatic nitrogens is 1. The van der Waals surface area contributed by atoms with Crippen molar-refractivity contribution in [3.63, 3.8) is 0 Å². The lowest BCUT2D eigenvalue weighted by Gasteiger charge is -2.09. The second-order valence-corrected chi connectivity index (χ2v) is 3.95. The third-order valence-electron chi connectivity index (χ3n) is 1.84. The zero-order chi connectivity index (χ0) is 9.30. The molecule has 0 fully saturated rings. The van der Waals surface area contributed by atoms with E-state index in [4.69, 9.17) is 11.6 Å². The highest BCUT2D eigenvalue weighted by Gasteiger charge is 2.08. The fourth-order valence-electron chi connectivity index (χ4n) is 1.14. The van der Waals surface area contributed by atoms with Crippen LogP contribution in [0.15, 0.2) is 5.10 Å². The highest BCUT2D eigenvalue weighted by molar-refractivity contribution is 7.09. The molecule has 1 atom stereocenters. The Bertz CT molecular complexity index is 334. The van der Waals surface area contributed by atoms with Crippen molar-refractivity contribution in [2.75, 3.05) is 0 Å². The number of nitrogens with zero attached hydrogens (tertiary/aromatic N) is 2. The van der Waals surface area contributed by atoms with Gasteiger partial charge in [-0.2, -0.15) is 5.10 Å². The molecule has 0 aliphatic heterocycles. The minimum Gasteiger partial charge on any atom is -0.320 e. The predicted molar refractivity (Wildman–Crippen MR) is 50.4 cm³/mol. The van der Waals surface area contributed by atoms with Crippen LogP contribution in [0.2, 0.25) is 0 Å². The number of thiazole rings is 1. The van der Waals surface area contributed by atoms with Crippen molar-refractivity contribution in [3.8, 4) is 0 Å². The Morgan fingerprint density at radius 3 is 2.42 bits per heavy atom. The maximum atomic E-state index is 5.76. The molecule has 4 nitrogen and oxygen atoms in total. The van der Waals surface area contributed by atoms with Crippen LogP contribution in [-0.2, 0) is 0 Å². The van der Waals surface area contributed by atoms with Crippen LogP contribution in [0.3, 0.4) is 0 Å². The summed E-state index contributed by atoms with van der Waals surface area (Å²) in [7, 11) is 0. The van der Waals surface area contributed by atoms with Gasteiger partial charge in [0, 0.05) is 10.6 Å². The molecular weight excluding hydrogens is 172 g/mol. The molecule has 12 heavy (non-hydrogen) atoms. The zero-order valence-corrected chi connectivity index (χ0v) is 8.35. The summed E-state index contributed by atoms with van der Waals surface area (Å²) in [6.07, 6.45) is -0.0720. The van der Waals surface area contributed by atoms with E-state index >= 15 is 0 Å². The largest absolute Gasteiger partial charge is 0.320 e. The Kier molecular flexibility index (Phi) is 2.54. The summed E-state index contributed by atoms with van der Waals surface area (Å²) in [6.45, 7) is 5.96. The SMILES string of the molecule is Cc1s/c(=N\N)n(C(C)N)c1C. The van der Waals surface area contributed by atoms with Crippen LogP contribution in [0.4, 0.5) is 0 Å². The number of nitrogens with two attached hydrogens (primary N) is 2. The molecule has 0 aliphatic carbocycles. The standard InChI is InChI=1S/C7H14N4S/c1-4-5(2)12-7(10-9)11(4)6(3)8/h6H,8-9H2,1-3H3/b10-7-. The molecule has 0 saturated carbocycles. The van der Waals surface area contributed by atoms with Gasteiger partial charge in [-0.3, -0.25) is 0 Å². The first-order valence-corrected chi connectivity index (χ1v) is 4.57. The molecule has 0 bridgehead atoms. The van der Waals surface area contributed by atoms with E-state index in [1.165, 1.54) is 4.88 Å². The van der Waals surface area contributed by atoms with Crippen LogP contribution >= 0.6 is 11.3 Å². The predicted octanol–water partition coefficient (Wildman–Crippen LogP) is 0.418. The summed E-state index contributed by atoms with van der Waals surface area (Å²) >= 11 is 1.56. The minimum absolute atomic E-state index is 0.0720. The van der Waals surface area contributed by atoms with Crippen molar-refractivity contribution in [1.82, 2.24) is 4.57 Å². The van der Waals surface area contributed by atoms with Gasteiger partial charge in [0.05, 0.1) is 6.17 Å². The van der Waals surface area contributed by atoms with Gasteiger partial charge in [0.25, 0.3) is 0 Å². The molecule has 1 heterocycles. The molecule has 0 aliphatic rings. The molecular formula is C7H14N4S. The van der Waals surface area contributed by atoms with Crippen LogP contribution in [-0.4, -0.2) is 4.57 Å². The normalized spacial score (nSPS) is 15.2. The summed E-state index contributed by atoms with van der Waals surface area (Å²) in [4.78, 5) is 1.98. The summed E-state index contributed by atoms with van der Waals surface area (Å²) < 4.78 is 1.93. The molecule has 0 spiro atoms. The smallest absolute Gasteiger partial charge is 0.209 e. The van der Waals surface area contributed by atoms with Crippen molar-refractivity contribution in [3.05, 3.63) is 15.4 Å². The summed E-state index contributed by atoms with van der Waals surface area (Å²) in [5, 5.41) is 3.67. The number of rotatable bonds is 1. The molecule has 68 valence electrons. The topological polar surface area (TPSA) is 69.3 Å². The van der Waals surface area contributed by atoms with Gasteiger partial charge in [0.2, 0.25) is 4.80 Å². The van der Waals surface area contributed by atoms with E-state index in [1.54, 1.807) is 11.3 Å². The van der Waals surface area contributed by atoms with Crippen molar-refractivity contribution in [1.29, 1.82) is 0 Å². The van der Waals surface area contributed by atoms with Gasteiger partial charge in [-0.1, -0.05) is 0 Å². The molecule has 0 aromatic carbocycles. The van der Waals surface area contributed by atoms with Gasteiger partial charge in [-0.05, 0) is 20.8 Å². The average molecular weight is 186 g/mol. The van der Waals surface area contributed by atoms with Crippen molar-refractivity contribution in [2.24, 2.45) is 16.7 Å². The lowest BCUT2D eigenvalue weighted by molar-refractivity contribution is 0.540. The van der Waals surface area contributed by atoms with Gasteiger partial charge in [-0.25, -0.2) is 0 Å². The second-order valence-electron chi connectivity index (χ2n) is 2.77. The fourth-order valence-corrected chi connectivity index (χ4v) is 2.12. The summed E-state index contributed by atoms with van der Waals surface area (Å²) in [5.41, 5.74) is 6.90. The monoisotopic (exact) mass is 186 g/mol. The Balaban J connectivity index is 3.42. The van der Waals surface area contributed by atoms with E-state index in [0.717, 1.165) is 10.5 Å². The van der Waals surface area contributed by atoms with E-state index in [-0.39, 0.29) is 6.17 Å². The fraction of sp³-hybridized carbons (Fsp3) is 0.571. The van der Waals surface area contributed by atoms with E-state index in [9.17, 15) is 0 Å². The maximum Gasteiger partial charge on any atom is 0.209 e. The quantitative estimate of drug-likeness (QED) is 0.493. The zero-order valence-electron chi connectivity index (χ0n) is 7.53. The highest BCUT2D eigenvalue weighted by atomic mass is 32.1. The Morgan fingerprint density at radius 2 is 2.08 bits per heavy atom. The molecule has 0 radical (unpaired) electrons. The van der Waals surface area contributed by atoms with Crippen LogP contribution in [0.25, 0.3) is 0 Å². The highest BCUT2D eigenvalue weighted by Crippen LogP contribution is 2.11. The third-order valence-corrected chi connectivity index (χ3v) is 2.93. The van der Waals surface area contributed by atoms with Gasteiger partial charge >= 0.3 is 0 Å². The average Bonchev–Trinajstić information content (AvgIpc) is 2.28. The second kappa shape index (κ2) is 3.28. The van der Waals surface area contributed by atoms with Crippen LogP contribution in [0.5, 0.6) is 0 Å². The summed E-state index contributed by atoms with van der Waals surface area (Å²) in [5.74, 6) is 5.23. The van der Waals surface area contributed by atoms with Crippen molar-refractivity contribution < 1.29 is 0 Å². The van der Waals surface area contributed by atoms with E-state index in [2.05, 4.69) is 5.10 Å². The third kappa shape index (κ3) is 1.37. The maximum absolute atomic E-state index is 5.76. The van der Waals surface area contributed by atoms with Gasteiger partial charge in [0.15, 0.2) is 0 Å². The molecule has 0 amide bonds. The number of hydrogen-bond donors (Lipinski definition) is 2. The van der Waals surface area contributed by atoms with E-state index in [0.29, 0.717) is 0 Å². The Hall–Kier alpha value is -0.810. The Labute approximate surface area is 75.5 Å². The van der Waals surface area contributed by atoms with E-state index < -0.39 is 0 Å².